The van der Waals surface area contributed by atoms with Gasteiger partial charge in [-0.1, -0.05) is 6.07 Å². The monoisotopic (exact) mass is 513 g/mol. The predicted octanol–water partition coefficient (Wildman–Crippen LogP) is 4.38. The number of fused-ring (bicyclic) bond motifs is 1. The van der Waals surface area contributed by atoms with E-state index in [9.17, 15) is 4.39 Å². The maximum absolute atomic E-state index is 13.5. The maximum Gasteiger partial charge on any atom is 0.191 e. The largest absolute Gasteiger partial charge is 0.493 e. The summed E-state index contributed by atoms with van der Waals surface area (Å²) in [5.41, 5.74) is 2.61. The van der Waals surface area contributed by atoms with Crippen LogP contribution in [0.2, 0.25) is 0 Å². The van der Waals surface area contributed by atoms with Crippen LogP contribution in [0.15, 0.2) is 45.8 Å². The van der Waals surface area contributed by atoms with Gasteiger partial charge in [0, 0.05) is 24.5 Å². The number of hydrogen-bond acceptors (Lipinski definition) is 4. The van der Waals surface area contributed by atoms with Crippen LogP contribution < -0.4 is 20.1 Å². The van der Waals surface area contributed by atoms with Crippen molar-refractivity contribution in [2.75, 3.05) is 21.3 Å². The number of furan rings is 1. The van der Waals surface area contributed by atoms with Gasteiger partial charge in [-0.3, -0.25) is 4.99 Å². The molecule has 0 unspecified atom stereocenters. The number of aryl methyl sites for hydroxylation is 1. The molecule has 0 saturated heterocycles. The van der Waals surface area contributed by atoms with Gasteiger partial charge < -0.3 is 24.5 Å². The molecule has 0 aliphatic carbocycles. The molecular formula is C21H25FIN3O3. The highest BCUT2D eigenvalue weighted by atomic mass is 127. The topological polar surface area (TPSA) is 68.0 Å². The fourth-order valence-corrected chi connectivity index (χ4v) is 2.97. The van der Waals surface area contributed by atoms with Crippen LogP contribution in [0, 0.1) is 12.7 Å². The Morgan fingerprint density at radius 1 is 1.03 bits per heavy atom. The van der Waals surface area contributed by atoms with E-state index in [2.05, 4.69) is 15.6 Å². The summed E-state index contributed by atoms with van der Waals surface area (Å²) in [5.74, 6) is 2.46. The van der Waals surface area contributed by atoms with E-state index in [0.29, 0.717) is 36.1 Å². The van der Waals surface area contributed by atoms with Gasteiger partial charge in [0.2, 0.25) is 0 Å². The Hall–Kier alpha value is -2.49. The smallest absolute Gasteiger partial charge is 0.191 e. The average Bonchev–Trinajstić information content (AvgIpc) is 3.03. The van der Waals surface area contributed by atoms with Crippen LogP contribution in [0.5, 0.6) is 11.5 Å². The van der Waals surface area contributed by atoms with Gasteiger partial charge in [0.1, 0.15) is 17.2 Å². The molecule has 29 heavy (non-hydrogen) atoms. The van der Waals surface area contributed by atoms with Crippen LogP contribution >= 0.6 is 24.0 Å². The van der Waals surface area contributed by atoms with Gasteiger partial charge >= 0.3 is 0 Å². The van der Waals surface area contributed by atoms with Crippen molar-refractivity contribution < 1.29 is 18.3 Å². The van der Waals surface area contributed by atoms with Gasteiger partial charge in [-0.2, -0.15) is 0 Å². The van der Waals surface area contributed by atoms with Crippen LogP contribution in [0.4, 0.5) is 4.39 Å². The van der Waals surface area contributed by atoms with Crippen molar-refractivity contribution in [3.63, 3.8) is 0 Å². The number of nitrogens with one attached hydrogen (secondary N) is 2. The van der Waals surface area contributed by atoms with Crippen LogP contribution in [-0.2, 0) is 13.1 Å². The van der Waals surface area contributed by atoms with Crippen molar-refractivity contribution in [1.29, 1.82) is 0 Å². The molecule has 0 aliphatic rings. The zero-order valence-electron chi connectivity index (χ0n) is 16.8. The van der Waals surface area contributed by atoms with E-state index in [0.717, 1.165) is 22.3 Å². The Labute approximate surface area is 186 Å². The first-order chi connectivity index (χ1) is 13.5. The molecule has 0 aliphatic heterocycles. The first kappa shape index (κ1) is 22.8. The standard InChI is InChI=1S/C21H24FN3O3.HI/c1-13-16-10-15(22)6-8-17(16)28-20(13)12-25-21(23-2)24-11-14-5-7-18(26-3)19(9-14)27-4;/h5-10H,11-12H2,1-4H3,(H2,23,24,25);1H. The molecule has 0 bridgehead atoms. The summed E-state index contributed by atoms with van der Waals surface area (Å²) in [7, 11) is 4.91. The molecule has 6 nitrogen and oxygen atoms in total. The third-order valence-electron chi connectivity index (χ3n) is 4.54. The minimum atomic E-state index is -0.275. The summed E-state index contributed by atoms with van der Waals surface area (Å²) in [6, 6.07) is 10.3. The van der Waals surface area contributed by atoms with Crippen LogP contribution in [0.25, 0.3) is 11.0 Å². The molecule has 0 amide bonds. The summed E-state index contributed by atoms with van der Waals surface area (Å²) in [6.45, 7) is 2.92. The molecule has 0 spiro atoms. The zero-order chi connectivity index (χ0) is 20.1. The minimum Gasteiger partial charge on any atom is -0.493 e. The first-order valence-corrected chi connectivity index (χ1v) is 8.88. The average molecular weight is 513 g/mol. The second-order valence-corrected chi connectivity index (χ2v) is 6.26. The van der Waals surface area contributed by atoms with E-state index in [1.54, 1.807) is 27.3 Å². The molecule has 2 N–H and O–H groups in total. The fraction of sp³-hybridized carbons (Fsp3) is 0.286. The molecule has 3 rings (SSSR count). The molecule has 1 aromatic heterocycles. The fourth-order valence-electron chi connectivity index (χ4n) is 2.97. The first-order valence-electron chi connectivity index (χ1n) is 8.88. The molecular weight excluding hydrogens is 488 g/mol. The van der Waals surface area contributed by atoms with Gasteiger partial charge in [0.15, 0.2) is 17.5 Å². The lowest BCUT2D eigenvalue weighted by molar-refractivity contribution is 0.354. The van der Waals surface area contributed by atoms with E-state index < -0.39 is 0 Å². The second kappa shape index (κ2) is 10.3. The Balaban J connectivity index is 0.00000300. The van der Waals surface area contributed by atoms with Gasteiger partial charge in [-0.05, 0) is 42.8 Å². The van der Waals surface area contributed by atoms with Gasteiger partial charge in [-0.15, -0.1) is 24.0 Å². The summed E-state index contributed by atoms with van der Waals surface area (Å²) < 4.78 is 29.9. The van der Waals surface area contributed by atoms with Crippen molar-refractivity contribution in [1.82, 2.24) is 10.6 Å². The molecule has 0 saturated carbocycles. The highest BCUT2D eigenvalue weighted by Gasteiger charge is 2.12. The lowest BCUT2D eigenvalue weighted by Gasteiger charge is -2.13. The number of nitrogens with zero attached hydrogens (tertiary/aromatic N) is 1. The quantitative estimate of drug-likeness (QED) is 0.291. The number of guanidine groups is 1. The predicted molar refractivity (Wildman–Crippen MR) is 123 cm³/mol. The second-order valence-electron chi connectivity index (χ2n) is 6.26. The zero-order valence-corrected chi connectivity index (χ0v) is 19.2. The molecule has 3 aromatic rings. The molecule has 0 fully saturated rings. The number of benzene rings is 2. The molecule has 1 heterocycles. The van der Waals surface area contributed by atoms with E-state index in [1.807, 2.05) is 25.1 Å². The summed E-state index contributed by atoms with van der Waals surface area (Å²) >= 11 is 0. The molecule has 0 radical (unpaired) electrons. The van der Waals surface area contributed by atoms with E-state index in [-0.39, 0.29) is 29.8 Å². The molecule has 2 aromatic carbocycles. The summed E-state index contributed by atoms with van der Waals surface area (Å²) in [5, 5.41) is 7.25. The Morgan fingerprint density at radius 3 is 2.45 bits per heavy atom. The minimum absolute atomic E-state index is 0. The maximum atomic E-state index is 13.5. The number of rotatable bonds is 6. The Morgan fingerprint density at radius 2 is 1.76 bits per heavy atom. The van der Waals surface area contributed by atoms with Gasteiger partial charge in [0.05, 0.1) is 20.8 Å². The van der Waals surface area contributed by atoms with Crippen LogP contribution in [-0.4, -0.2) is 27.2 Å². The van der Waals surface area contributed by atoms with Crippen molar-refractivity contribution in [3.8, 4) is 11.5 Å². The number of ether oxygens (including phenoxy) is 2. The number of methoxy groups -OCH3 is 2. The Bertz CT molecular complexity index is 1000. The Kier molecular flexibility index (Phi) is 8.12. The number of halogens is 2. The highest BCUT2D eigenvalue weighted by molar-refractivity contribution is 14.0. The highest BCUT2D eigenvalue weighted by Crippen LogP contribution is 2.27. The van der Waals surface area contributed by atoms with Gasteiger partial charge in [-0.25, -0.2) is 4.39 Å². The third kappa shape index (κ3) is 5.31. The van der Waals surface area contributed by atoms with Crippen molar-refractivity contribution in [2.24, 2.45) is 4.99 Å². The number of aliphatic imine (C=N–C) groups is 1. The SMILES string of the molecule is CN=C(NCc1ccc(OC)c(OC)c1)NCc1oc2ccc(F)cc2c1C.I. The summed E-state index contributed by atoms with van der Waals surface area (Å²) in [4.78, 5) is 4.23. The molecule has 156 valence electrons. The lowest BCUT2D eigenvalue weighted by Crippen LogP contribution is -2.36. The van der Waals surface area contributed by atoms with Crippen LogP contribution in [0.3, 0.4) is 0 Å². The lowest BCUT2D eigenvalue weighted by atomic mass is 10.1. The van der Waals surface area contributed by atoms with E-state index in [1.165, 1.54) is 12.1 Å². The number of hydrogen-bond donors (Lipinski definition) is 2. The summed E-state index contributed by atoms with van der Waals surface area (Å²) in [6.07, 6.45) is 0. The van der Waals surface area contributed by atoms with E-state index >= 15 is 0 Å². The van der Waals surface area contributed by atoms with Crippen molar-refractivity contribution >= 4 is 40.9 Å². The third-order valence-corrected chi connectivity index (χ3v) is 4.54. The van der Waals surface area contributed by atoms with Crippen molar-refractivity contribution in [2.45, 2.75) is 20.0 Å². The van der Waals surface area contributed by atoms with E-state index in [4.69, 9.17) is 13.9 Å². The molecule has 8 heteroatoms. The van der Waals surface area contributed by atoms with Crippen LogP contribution in [0.1, 0.15) is 16.9 Å². The van der Waals surface area contributed by atoms with Crippen molar-refractivity contribution in [3.05, 3.63) is 59.1 Å². The molecule has 0 atom stereocenters. The van der Waals surface area contributed by atoms with Gasteiger partial charge in [0.25, 0.3) is 0 Å². The normalized spacial score (nSPS) is 11.1.